The van der Waals surface area contributed by atoms with Gasteiger partial charge in [0.15, 0.2) is 0 Å². The van der Waals surface area contributed by atoms with Crippen LogP contribution in [0.4, 0.5) is 4.79 Å². The summed E-state index contributed by atoms with van der Waals surface area (Å²) in [6, 6.07) is 0.0625. The van der Waals surface area contributed by atoms with E-state index >= 15 is 0 Å². The van der Waals surface area contributed by atoms with Crippen molar-refractivity contribution in [3.63, 3.8) is 0 Å². The molecule has 0 saturated heterocycles. The minimum Gasteiger partial charge on any atom is -0.444 e. The van der Waals surface area contributed by atoms with E-state index in [-0.39, 0.29) is 17.7 Å². The van der Waals surface area contributed by atoms with E-state index in [2.05, 4.69) is 5.32 Å². The van der Waals surface area contributed by atoms with Crippen molar-refractivity contribution in [1.82, 2.24) is 5.32 Å². The maximum absolute atomic E-state index is 11.5. The highest BCUT2D eigenvalue weighted by molar-refractivity contribution is 5.80. The third-order valence-corrected chi connectivity index (χ3v) is 2.67. The van der Waals surface area contributed by atoms with Crippen molar-refractivity contribution >= 4 is 11.9 Å². The van der Waals surface area contributed by atoms with E-state index in [1.54, 1.807) is 0 Å². The molecular weight excluding hydrogens is 206 g/mol. The van der Waals surface area contributed by atoms with Crippen molar-refractivity contribution in [1.29, 1.82) is 0 Å². The molecule has 1 N–H and O–H groups in total. The molecule has 4 nitrogen and oxygen atoms in total. The largest absolute Gasteiger partial charge is 0.444 e. The number of Topliss-reactive ketones (excluding diaryl/α,β-unsaturated/α-hetero) is 1. The fourth-order valence-corrected chi connectivity index (χ4v) is 1.88. The molecule has 0 bridgehead atoms. The Balaban J connectivity index is 2.42. The minimum absolute atomic E-state index is 0.0625. The van der Waals surface area contributed by atoms with Crippen molar-refractivity contribution in [2.24, 2.45) is 5.92 Å². The third kappa shape index (κ3) is 4.21. The van der Waals surface area contributed by atoms with E-state index in [9.17, 15) is 9.59 Å². The van der Waals surface area contributed by atoms with E-state index in [4.69, 9.17) is 4.74 Å². The first-order valence-electron chi connectivity index (χ1n) is 5.79. The zero-order valence-electron chi connectivity index (χ0n) is 10.5. The monoisotopic (exact) mass is 227 g/mol. The van der Waals surface area contributed by atoms with Crippen molar-refractivity contribution in [3.8, 4) is 0 Å². The summed E-state index contributed by atoms with van der Waals surface area (Å²) in [6.45, 7) is 7.49. The second-order valence-corrected chi connectivity index (χ2v) is 5.51. The highest BCUT2D eigenvalue weighted by atomic mass is 16.6. The Morgan fingerprint density at radius 3 is 2.56 bits per heavy atom. The standard InChI is InChI=1S/C12H21NO3/c1-8-7-9(14)5-6-10(8)13-11(15)16-12(2,3)4/h8,10H,5-7H2,1-4H3,(H,13,15)/t8-,10-/m1/s1. The lowest BCUT2D eigenvalue weighted by molar-refractivity contribution is -0.121. The summed E-state index contributed by atoms with van der Waals surface area (Å²) in [5.74, 6) is 0.489. The van der Waals surface area contributed by atoms with Crippen LogP contribution in [0, 0.1) is 5.92 Å². The molecule has 1 fully saturated rings. The van der Waals surface area contributed by atoms with Crippen LogP contribution >= 0.6 is 0 Å². The van der Waals surface area contributed by atoms with Gasteiger partial charge in [0, 0.05) is 18.9 Å². The number of hydrogen-bond donors (Lipinski definition) is 1. The SMILES string of the molecule is C[C@@H]1CC(=O)CC[C@H]1NC(=O)OC(C)(C)C. The molecule has 2 atom stereocenters. The average molecular weight is 227 g/mol. The molecule has 1 aliphatic rings. The molecule has 1 aliphatic carbocycles. The van der Waals surface area contributed by atoms with Crippen molar-refractivity contribution < 1.29 is 14.3 Å². The Hall–Kier alpha value is -1.06. The first kappa shape index (κ1) is 13.0. The van der Waals surface area contributed by atoms with Crippen LogP contribution in [0.1, 0.15) is 47.0 Å². The van der Waals surface area contributed by atoms with Crippen LogP contribution in [0.25, 0.3) is 0 Å². The molecule has 0 radical (unpaired) electrons. The third-order valence-electron chi connectivity index (χ3n) is 2.67. The fourth-order valence-electron chi connectivity index (χ4n) is 1.88. The predicted molar refractivity (Wildman–Crippen MR) is 61.2 cm³/mol. The van der Waals surface area contributed by atoms with Crippen LogP contribution in [-0.2, 0) is 9.53 Å². The molecule has 0 heterocycles. The number of ether oxygens (including phenoxy) is 1. The summed E-state index contributed by atoms with van der Waals surface area (Å²) in [6.07, 6.45) is 1.45. The van der Waals surface area contributed by atoms with Crippen LogP contribution in [0.2, 0.25) is 0 Å². The van der Waals surface area contributed by atoms with Crippen LogP contribution in [0.3, 0.4) is 0 Å². The molecule has 1 saturated carbocycles. The number of rotatable bonds is 1. The number of ketones is 1. The lowest BCUT2D eigenvalue weighted by Gasteiger charge is -2.30. The first-order valence-corrected chi connectivity index (χ1v) is 5.79. The Kier molecular flexibility index (Phi) is 3.94. The van der Waals surface area contributed by atoms with Gasteiger partial charge in [-0.15, -0.1) is 0 Å². The van der Waals surface area contributed by atoms with Gasteiger partial charge in [0.05, 0.1) is 0 Å². The van der Waals surface area contributed by atoms with Gasteiger partial charge in [-0.1, -0.05) is 6.92 Å². The Morgan fingerprint density at radius 1 is 1.44 bits per heavy atom. The number of hydrogen-bond acceptors (Lipinski definition) is 3. The predicted octanol–water partition coefficient (Wildman–Crippen LogP) is 2.27. The lowest BCUT2D eigenvalue weighted by atomic mass is 9.85. The molecule has 0 aromatic heterocycles. The molecule has 0 spiro atoms. The lowest BCUT2D eigenvalue weighted by Crippen LogP contribution is -2.44. The van der Waals surface area contributed by atoms with Gasteiger partial charge in [-0.3, -0.25) is 4.79 Å². The van der Waals surface area contributed by atoms with Crippen LogP contribution in [-0.4, -0.2) is 23.5 Å². The van der Waals surface area contributed by atoms with Crippen LogP contribution in [0.5, 0.6) is 0 Å². The molecule has 16 heavy (non-hydrogen) atoms. The molecule has 0 unspecified atom stereocenters. The van der Waals surface area contributed by atoms with Gasteiger partial charge in [0.1, 0.15) is 11.4 Å². The van der Waals surface area contributed by atoms with Crippen molar-refractivity contribution in [3.05, 3.63) is 0 Å². The van der Waals surface area contributed by atoms with Gasteiger partial charge in [0.2, 0.25) is 0 Å². The topological polar surface area (TPSA) is 55.4 Å². The average Bonchev–Trinajstić information content (AvgIpc) is 2.06. The summed E-state index contributed by atoms with van der Waals surface area (Å²) in [7, 11) is 0. The van der Waals surface area contributed by atoms with Gasteiger partial charge in [-0.05, 0) is 33.1 Å². The van der Waals surface area contributed by atoms with E-state index in [1.807, 2.05) is 27.7 Å². The Bertz CT molecular complexity index is 280. The van der Waals surface area contributed by atoms with E-state index in [1.165, 1.54) is 0 Å². The highest BCUT2D eigenvalue weighted by Crippen LogP contribution is 2.21. The number of alkyl carbamates (subject to hydrolysis) is 1. The summed E-state index contributed by atoms with van der Waals surface area (Å²) in [5.41, 5.74) is -0.474. The maximum atomic E-state index is 11.5. The molecule has 4 heteroatoms. The summed E-state index contributed by atoms with van der Waals surface area (Å²) in [5, 5.41) is 2.83. The maximum Gasteiger partial charge on any atom is 0.407 e. The van der Waals surface area contributed by atoms with Crippen molar-refractivity contribution in [2.75, 3.05) is 0 Å². The van der Waals surface area contributed by atoms with Gasteiger partial charge in [0.25, 0.3) is 0 Å². The molecule has 1 amide bonds. The van der Waals surface area contributed by atoms with Crippen LogP contribution in [0.15, 0.2) is 0 Å². The number of amides is 1. The molecular formula is C12H21NO3. The van der Waals surface area contributed by atoms with Gasteiger partial charge in [-0.2, -0.15) is 0 Å². The van der Waals surface area contributed by atoms with E-state index < -0.39 is 11.7 Å². The molecule has 0 aromatic rings. The zero-order valence-corrected chi connectivity index (χ0v) is 10.5. The van der Waals surface area contributed by atoms with Gasteiger partial charge in [-0.25, -0.2) is 4.79 Å². The quantitative estimate of drug-likeness (QED) is 0.747. The molecule has 0 aromatic carbocycles. The Labute approximate surface area is 96.7 Å². The van der Waals surface area contributed by atoms with E-state index in [0.717, 1.165) is 6.42 Å². The number of carbonyl (C=O) groups excluding carboxylic acids is 2. The highest BCUT2D eigenvalue weighted by Gasteiger charge is 2.28. The Morgan fingerprint density at radius 2 is 2.06 bits per heavy atom. The van der Waals surface area contributed by atoms with Gasteiger partial charge < -0.3 is 10.1 Å². The van der Waals surface area contributed by atoms with Crippen LogP contribution < -0.4 is 5.32 Å². The summed E-state index contributed by atoms with van der Waals surface area (Å²) in [4.78, 5) is 22.7. The zero-order chi connectivity index (χ0) is 12.3. The number of nitrogens with one attached hydrogen (secondary N) is 1. The number of carbonyl (C=O) groups is 2. The first-order chi connectivity index (χ1) is 7.28. The van der Waals surface area contributed by atoms with Crippen molar-refractivity contribution in [2.45, 2.75) is 58.6 Å². The smallest absolute Gasteiger partial charge is 0.407 e. The summed E-state index contributed by atoms with van der Waals surface area (Å²) < 4.78 is 5.18. The fraction of sp³-hybridized carbons (Fsp3) is 0.833. The normalized spacial score (nSPS) is 26.4. The molecule has 1 rings (SSSR count). The molecule has 0 aliphatic heterocycles. The van der Waals surface area contributed by atoms with E-state index in [0.29, 0.717) is 12.8 Å². The van der Waals surface area contributed by atoms with Gasteiger partial charge >= 0.3 is 6.09 Å². The second-order valence-electron chi connectivity index (χ2n) is 5.51. The second kappa shape index (κ2) is 4.85. The molecule has 92 valence electrons. The summed E-state index contributed by atoms with van der Waals surface area (Å²) >= 11 is 0. The minimum atomic E-state index is -0.474.